The van der Waals surface area contributed by atoms with Crippen LogP contribution in [0.1, 0.15) is 21.5 Å². The Balaban J connectivity index is 2.19. The molecule has 0 saturated carbocycles. The van der Waals surface area contributed by atoms with Gasteiger partial charge in [-0.1, -0.05) is 42.0 Å². The highest BCUT2D eigenvalue weighted by Gasteiger charge is 2.10. The average Bonchev–Trinajstić information content (AvgIpc) is 2.42. The van der Waals surface area contributed by atoms with E-state index in [2.05, 4.69) is 6.58 Å². The van der Waals surface area contributed by atoms with Crippen molar-refractivity contribution in [2.45, 2.75) is 13.3 Å². The molecule has 0 atom stereocenters. The zero-order valence-electron chi connectivity index (χ0n) is 10.9. The lowest BCUT2D eigenvalue weighted by molar-refractivity contribution is 0.0733. The van der Waals surface area contributed by atoms with Crippen molar-refractivity contribution in [3.8, 4) is 5.75 Å². The van der Waals surface area contributed by atoms with Crippen LogP contribution in [-0.4, -0.2) is 5.97 Å². The molecule has 2 aromatic rings. The van der Waals surface area contributed by atoms with Crippen molar-refractivity contribution in [2.24, 2.45) is 0 Å². The number of ether oxygens (including phenoxy) is 1. The van der Waals surface area contributed by atoms with Gasteiger partial charge in [-0.3, -0.25) is 0 Å². The van der Waals surface area contributed by atoms with Crippen LogP contribution in [0.25, 0.3) is 0 Å². The van der Waals surface area contributed by atoms with E-state index in [1.807, 2.05) is 37.3 Å². The van der Waals surface area contributed by atoms with E-state index >= 15 is 0 Å². The standard InChI is InChI=1S/C17H16O2/c1-3-6-14-7-4-5-8-16(14)19-17(18)15-11-9-13(2)10-12-15/h3-5,7-12H,1,6H2,2H3. The van der Waals surface area contributed by atoms with Crippen molar-refractivity contribution in [1.29, 1.82) is 0 Å². The molecular weight excluding hydrogens is 236 g/mol. The molecule has 0 saturated heterocycles. The van der Waals surface area contributed by atoms with Gasteiger partial charge in [0.15, 0.2) is 0 Å². The maximum atomic E-state index is 12.0. The number of carbonyl (C=O) groups excluding carboxylic acids is 1. The van der Waals surface area contributed by atoms with Crippen LogP contribution in [0.4, 0.5) is 0 Å². The minimum Gasteiger partial charge on any atom is -0.423 e. The molecule has 2 nitrogen and oxygen atoms in total. The number of esters is 1. The summed E-state index contributed by atoms with van der Waals surface area (Å²) in [6, 6.07) is 14.8. The van der Waals surface area contributed by atoms with Gasteiger partial charge in [0.05, 0.1) is 5.56 Å². The van der Waals surface area contributed by atoms with Crippen molar-refractivity contribution in [2.75, 3.05) is 0 Å². The normalized spacial score (nSPS) is 9.95. The fourth-order valence-corrected chi connectivity index (χ4v) is 1.78. The van der Waals surface area contributed by atoms with Gasteiger partial charge < -0.3 is 4.74 Å². The smallest absolute Gasteiger partial charge is 0.343 e. The maximum Gasteiger partial charge on any atom is 0.343 e. The Bertz CT molecular complexity index is 582. The molecule has 2 aromatic carbocycles. The summed E-state index contributed by atoms with van der Waals surface area (Å²) < 4.78 is 5.44. The van der Waals surface area contributed by atoms with Gasteiger partial charge in [-0.05, 0) is 37.1 Å². The second-order valence-corrected chi connectivity index (χ2v) is 4.36. The third kappa shape index (κ3) is 3.32. The Labute approximate surface area is 113 Å². The van der Waals surface area contributed by atoms with Gasteiger partial charge in [0.25, 0.3) is 0 Å². The molecule has 0 aliphatic heterocycles. The quantitative estimate of drug-likeness (QED) is 0.468. The summed E-state index contributed by atoms with van der Waals surface area (Å²) in [5.74, 6) is 0.254. The van der Waals surface area contributed by atoms with Crippen LogP contribution < -0.4 is 4.74 Å². The summed E-state index contributed by atoms with van der Waals surface area (Å²) in [7, 11) is 0. The van der Waals surface area contributed by atoms with Crippen molar-refractivity contribution < 1.29 is 9.53 Å². The van der Waals surface area contributed by atoms with Crippen LogP contribution in [0.5, 0.6) is 5.75 Å². The first kappa shape index (κ1) is 13.1. The van der Waals surface area contributed by atoms with Crippen molar-refractivity contribution in [3.63, 3.8) is 0 Å². The zero-order valence-corrected chi connectivity index (χ0v) is 10.9. The Hall–Kier alpha value is -2.35. The zero-order chi connectivity index (χ0) is 13.7. The summed E-state index contributed by atoms with van der Waals surface area (Å²) in [6.07, 6.45) is 2.47. The SMILES string of the molecule is C=CCc1ccccc1OC(=O)c1ccc(C)cc1. The van der Waals surface area contributed by atoms with Crippen LogP contribution in [0, 0.1) is 6.92 Å². The predicted octanol–water partition coefficient (Wildman–Crippen LogP) is 3.94. The molecule has 0 amide bonds. The van der Waals surface area contributed by atoms with Crippen LogP contribution in [-0.2, 0) is 6.42 Å². The molecule has 0 aliphatic carbocycles. The lowest BCUT2D eigenvalue weighted by atomic mass is 10.1. The van der Waals surface area contributed by atoms with Crippen LogP contribution >= 0.6 is 0 Å². The predicted molar refractivity (Wildman–Crippen MR) is 76.5 cm³/mol. The molecule has 0 unspecified atom stereocenters. The number of hydrogen-bond donors (Lipinski definition) is 0. The minimum atomic E-state index is -0.337. The first-order valence-electron chi connectivity index (χ1n) is 6.18. The molecule has 0 N–H and O–H groups in total. The second-order valence-electron chi connectivity index (χ2n) is 4.36. The number of carbonyl (C=O) groups is 1. The monoisotopic (exact) mass is 252 g/mol. The van der Waals surface area contributed by atoms with Crippen molar-refractivity contribution in [1.82, 2.24) is 0 Å². The fraction of sp³-hybridized carbons (Fsp3) is 0.118. The Morgan fingerprint density at radius 2 is 1.84 bits per heavy atom. The van der Waals surface area contributed by atoms with Crippen LogP contribution in [0.3, 0.4) is 0 Å². The highest BCUT2D eigenvalue weighted by molar-refractivity contribution is 5.91. The number of hydrogen-bond acceptors (Lipinski definition) is 2. The number of benzene rings is 2. The van der Waals surface area contributed by atoms with E-state index in [1.165, 1.54) is 0 Å². The van der Waals surface area contributed by atoms with Crippen LogP contribution in [0.2, 0.25) is 0 Å². The van der Waals surface area contributed by atoms with Gasteiger partial charge in [0.2, 0.25) is 0 Å². The van der Waals surface area contributed by atoms with E-state index in [9.17, 15) is 4.79 Å². The summed E-state index contributed by atoms with van der Waals surface area (Å²) in [5.41, 5.74) is 2.63. The largest absolute Gasteiger partial charge is 0.423 e. The van der Waals surface area contributed by atoms with E-state index in [-0.39, 0.29) is 5.97 Å². The van der Waals surface area contributed by atoms with Crippen molar-refractivity contribution in [3.05, 3.63) is 77.9 Å². The second kappa shape index (κ2) is 6.01. The summed E-state index contributed by atoms with van der Waals surface area (Å²) in [6.45, 7) is 5.68. The van der Waals surface area contributed by atoms with Crippen molar-refractivity contribution >= 4 is 5.97 Å². The van der Waals surface area contributed by atoms with Gasteiger partial charge in [-0.2, -0.15) is 0 Å². The van der Waals surface area contributed by atoms with E-state index in [1.54, 1.807) is 24.3 Å². The summed E-state index contributed by atoms with van der Waals surface area (Å²) >= 11 is 0. The fourth-order valence-electron chi connectivity index (χ4n) is 1.78. The lowest BCUT2D eigenvalue weighted by Crippen LogP contribution is -2.09. The van der Waals surface area contributed by atoms with Crippen LogP contribution in [0.15, 0.2) is 61.2 Å². The minimum absolute atomic E-state index is 0.337. The molecule has 0 fully saturated rings. The molecule has 0 aromatic heterocycles. The molecule has 2 rings (SSSR count). The Morgan fingerprint density at radius 1 is 1.16 bits per heavy atom. The molecule has 0 aliphatic rings. The molecular formula is C17H16O2. The first-order valence-corrected chi connectivity index (χ1v) is 6.18. The van der Waals surface area contributed by atoms with E-state index in [0.29, 0.717) is 17.7 Å². The van der Waals surface area contributed by atoms with Gasteiger partial charge in [0, 0.05) is 0 Å². The summed E-state index contributed by atoms with van der Waals surface area (Å²) in [5, 5.41) is 0. The average molecular weight is 252 g/mol. The molecule has 96 valence electrons. The molecule has 2 heteroatoms. The highest BCUT2D eigenvalue weighted by Crippen LogP contribution is 2.20. The molecule has 0 radical (unpaired) electrons. The third-order valence-electron chi connectivity index (χ3n) is 2.83. The van der Waals surface area contributed by atoms with Gasteiger partial charge in [-0.25, -0.2) is 4.79 Å². The Kier molecular flexibility index (Phi) is 4.14. The highest BCUT2D eigenvalue weighted by atomic mass is 16.5. The van der Waals surface area contributed by atoms with E-state index < -0.39 is 0 Å². The van der Waals surface area contributed by atoms with Gasteiger partial charge in [-0.15, -0.1) is 6.58 Å². The number of allylic oxidation sites excluding steroid dienone is 1. The van der Waals surface area contributed by atoms with Gasteiger partial charge >= 0.3 is 5.97 Å². The third-order valence-corrected chi connectivity index (χ3v) is 2.83. The number of rotatable bonds is 4. The lowest BCUT2D eigenvalue weighted by Gasteiger charge is -2.08. The summed E-state index contributed by atoms with van der Waals surface area (Å²) in [4.78, 5) is 12.0. The molecule has 19 heavy (non-hydrogen) atoms. The molecule has 0 spiro atoms. The number of para-hydroxylation sites is 1. The van der Waals surface area contributed by atoms with Gasteiger partial charge in [0.1, 0.15) is 5.75 Å². The Morgan fingerprint density at radius 3 is 2.53 bits per heavy atom. The topological polar surface area (TPSA) is 26.3 Å². The first-order chi connectivity index (χ1) is 9.20. The number of aryl methyl sites for hydroxylation is 1. The molecule has 0 bridgehead atoms. The van der Waals surface area contributed by atoms with E-state index in [4.69, 9.17) is 4.74 Å². The maximum absolute atomic E-state index is 12.0. The van der Waals surface area contributed by atoms with E-state index in [0.717, 1.165) is 11.1 Å². The molecule has 0 heterocycles.